The lowest BCUT2D eigenvalue weighted by Crippen LogP contribution is -2.34. The fraction of sp³-hybridized carbons (Fsp3) is 0.133. The van der Waals surface area contributed by atoms with Gasteiger partial charge < -0.3 is 10.4 Å². The normalized spacial score (nSPS) is 11.2. The molecule has 23 heavy (non-hydrogen) atoms. The molecule has 1 amide bonds. The number of hydrogen-bond donors (Lipinski definition) is 3. The minimum absolute atomic E-state index is 0.00593. The van der Waals surface area contributed by atoms with Crippen molar-refractivity contribution in [3.05, 3.63) is 58.6 Å². The van der Waals surface area contributed by atoms with Gasteiger partial charge in [-0.25, -0.2) is 13.1 Å². The summed E-state index contributed by atoms with van der Waals surface area (Å²) < 4.78 is 27.3. The van der Waals surface area contributed by atoms with Crippen LogP contribution in [0.25, 0.3) is 0 Å². The van der Waals surface area contributed by atoms with Crippen LogP contribution in [0.15, 0.2) is 57.9 Å². The van der Waals surface area contributed by atoms with Gasteiger partial charge in [-0.3, -0.25) is 4.79 Å². The number of phenolic OH excluding ortho intramolecular Hbond substituents is 1. The maximum absolute atomic E-state index is 12.0. The molecule has 0 fully saturated rings. The number of carbonyl (C=O) groups excluding carboxylic acids is 1. The Hall–Kier alpha value is -1.90. The van der Waals surface area contributed by atoms with Crippen molar-refractivity contribution in [3.8, 4) is 5.75 Å². The summed E-state index contributed by atoms with van der Waals surface area (Å²) in [4.78, 5) is 12.0. The van der Waals surface area contributed by atoms with Crippen molar-refractivity contribution in [1.29, 1.82) is 0 Å². The van der Waals surface area contributed by atoms with Crippen LogP contribution in [-0.2, 0) is 10.0 Å². The SMILES string of the molecule is O=C(NCCNS(=O)(=O)c1ccc(Br)cc1)c1cccc(O)c1. The molecule has 0 radical (unpaired) electrons. The Kier molecular flexibility index (Phi) is 5.75. The lowest BCUT2D eigenvalue weighted by Gasteiger charge is -2.08. The molecule has 0 unspecified atom stereocenters. The molecule has 0 aliphatic rings. The molecular formula is C15H15BrN2O4S. The molecule has 0 aliphatic carbocycles. The molecule has 2 rings (SSSR count). The number of rotatable bonds is 6. The molecular weight excluding hydrogens is 384 g/mol. The van der Waals surface area contributed by atoms with Gasteiger partial charge in [0.2, 0.25) is 10.0 Å². The van der Waals surface area contributed by atoms with Gasteiger partial charge in [0.1, 0.15) is 5.75 Å². The van der Waals surface area contributed by atoms with Gasteiger partial charge in [-0.05, 0) is 42.5 Å². The molecule has 3 N–H and O–H groups in total. The van der Waals surface area contributed by atoms with Crippen molar-refractivity contribution in [2.24, 2.45) is 0 Å². The third kappa shape index (κ3) is 5.05. The predicted octanol–water partition coefficient (Wildman–Crippen LogP) is 1.86. The Bertz CT molecular complexity index is 791. The third-order valence-corrected chi connectivity index (χ3v) is 4.94. The van der Waals surface area contributed by atoms with Crippen LogP contribution in [0.3, 0.4) is 0 Å². The highest BCUT2D eigenvalue weighted by molar-refractivity contribution is 9.10. The molecule has 0 atom stereocenters. The van der Waals surface area contributed by atoms with Crippen LogP contribution in [0.4, 0.5) is 0 Å². The van der Waals surface area contributed by atoms with E-state index in [2.05, 4.69) is 26.0 Å². The number of phenols is 1. The summed E-state index contributed by atoms with van der Waals surface area (Å²) in [5.74, 6) is -0.391. The molecule has 0 aromatic heterocycles. The second-order valence-electron chi connectivity index (χ2n) is 4.66. The van der Waals surface area contributed by atoms with E-state index in [-0.39, 0.29) is 29.6 Å². The van der Waals surface area contributed by atoms with Gasteiger partial charge in [0, 0.05) is 23.1 Å². The number of sulfonamides is 1. The maximum Gasteiger partial charge on any atom is 0.251 e. The van der Waals surface area contributed by atoms with E-state index >= 15 is 0 Å². The maximum atomic E-state index is 12.0. The molecule has 122 valence electrons. The van der Waals surface area contributed by atoms with E-state index in [4.69, 9.17) is 0 Å². The number of nitrogens with one attached hydrogen (secondary N) is 2. The van der Waals surface area contributed by atoms with Gasteiger partial charge >= 0.3 is 0 Å². The fourth-order valence-corrected chi connectivity index (χ4v) is 3.10. The summed E-state index contributed by atoms with van der Waals surface area (Å²) in [7, 11) is -3.61. The number of benzene rings is 2. The van der Waals surface area contributed by atoms with Crippen molar-refractivity contribution in [2.45, 2.75) is 4.90 Å². The van der Waals surface area contributed by atoms with E-state index in [1.54, 1.807) is 24.3 Å². The topological polar surface area (TPSA) is 95.5 Å². The molecule has 0 saturated carbocycles. The van der Waals surface area contributed by atoms with Crippen LogP contribution >= 0.6 is 15.9 Å². The lowest BCUT2D eigenvalue weighted by atomic mass is 10.2. The van der Waals surface area contributed by atoms with Crippen LogP contribution in [0.2, 0.25) is 0 Å². The number of hydrogen-bond acceptors (Lipinski definition) is 4. The summed E-state index contributed by atoms with van der Waals surface area (Å²) in [6.45, 7) is 0.188. The van der Waals surface area contributed by atoms with Gasteiger partial charge in [-0.15, -0.1) is 0 Å². The van der Waals surface area contributed by atoms with Gasteiger partial charge in [0.15, 0.2) is 0 Å². The van der Waals surface area contributed by atoms with E-state index in [1.165, 1.54) is 24.3 Å². The first kappa shape index (κ1) is 17.5. The minimum atomic E-state index is -3.61. The second kappa shape index (κ2) is 7.58. The van der Waals surface area contributed by atoms with E-state index in [0.717, 1.165) is 4.47 Å². The smallest absolute Gasteiger partial charge is 0.251 e. The Balaban J connectivity index is 1.85. The van der Waals surface area contributed by atoms with E-state index in [1.807, 2.05) is 0 Å². The molecule has 0 aliphatic heterocycles. The number of halogens is 1. The zero-order valence-electron chi connectivity index (χ0n) is 12.0. The number of aromatic hydroxyl groups is 1. The Labute approximate surface area is 142 Å². The molecule has 2 aromatic rings. The van der Waals surface area contributed by atoms with Crippen molar-refractivity contribution in [1.82, 2.24) is 10.0 Å². The van der Waals surface area contributed by atoms with Gasteiger partial charge in [0.25, 0.3) is 5.91 Å². The van der Waals surface area contributed by atoms with E-state index in [0.29, 0.717) is 5.56 Å². The molecule has 0 heterocycles. The fourth-order valence-electron chi connectivity index (χ4n) is 1.81. The monoisotopic (exact) mass is 398 g/mol. The highest BCUT2D eigenvalue weighted by atomic mass is 79.9. The van der Waals surface area contributed by atoms with Crippen LogP contribution in [-0.4, -0.2) is 32.5 Å². The Morgan fingerprint density at radius 1 is 1.09 bits per heavy atom. The Morgan fingerprint density at radius 3 is 2.43 bits per heavy atom. The summed E-state index contributed by atoms with van der Waals surface area (Å²) in [6.07, 6.45) is 0. The number of amides is 1. The molecule has 0 bridgehead atoms. The van der Waals surface area contributed by atoms with Gasteiger partial charge in [0.05, 0.1) is 4.90 Å². The lowest BCUT2D eigenvalue weighted by molar-refractivity contribution is 0.0954. The van der Waals surface area contributed by atoms with Crippen molar-refractivity contribution < 1.29 is 18.3 Å². The zero-order valence-corrected chi connectivity index (χ0v) is 14.4. The third-order valence-electron chi connectivity index (χ3n) is 2.93. The van der Waals surface area contributed by atoms with Gasteiger partial charge in [-0.1, -0.05) is 22.0 Å². The standard InChI is InChI=1S/C15H15BrN2O4S/c16-12-4-6-14(7-5-12)23(21,22)18-9-8-17-15(20)11-2-1-3-13(19)10-11/h1-7,10,18-19H,8-9H2,(H,17,20). The van der Waals surface area contributed by atoms with Gasteiger partial charge in [-0.2, -0.15) is 0 Å². The highest BCUT2D eigenvalue weighted by Crippen LogP contribution is 2.14. The molecule has 2 aromatic carbocycles. The average molecular weight is 399 g/mol. The zero-order chi connectivity index (χ0) is 16.9. The van der Waals surface area contributed by atoms with Crippen LogP contribution in [0.1, 0.15) is 10.4 Å². The number of carbonyl (C=O) groups is 1. The molecule has 6 nitrogen and oxygen atoms in total. The highest BCUT2D eigenvalue weighted by Gasteiger charge is 2.13. The minimum Gasteiger partial charge on any atom is -0.508 e. The predicted molar refractivity (Wildman–Crippen MR) is 89.8 cm³/mol. The molecule has 0 saturated heterocycles. The van der Waals surface area contributed by atoms with Crippen LogP contribution < -0.4 is 10.0 Å². The Morgan fingerprint density at radius 2 is 1.78 bits per heavy atom. The molecule has 8 heteroatoms. The van der Waals surface area contributed by atoms with Crippen molar-refractivity contribution in [3.63, 3.8) is 0 Å². The summed E-state index contributed by atoms with van der Waals surface area (Å²) in [5, 5.41) is 11.9. The first-order valence-corrected chi connectivity index (χ1v) is 8.98. The van der Waals surface area contributed by atoms with Crippen molar-refractivity contribution >= 4 is 31.9 Å². The summed E-state index contributed by atoms with van der Waals surface area (Å²) in [6, 6.07) is 12.2. The molecule has 0 spiro atoms. The second-order valence-corrected chi connectivity index (χ2v) is 7.34. The summed E-state index contributed by atoms with van der Waals surface area (Å²) in [5.41, 5.74) is 0.306. The van der Waals surface area contributed by atoms with E-state index < -0.39 is 10.0 Å². The van der Waals surface area contributed by atoms with Crippen LogP contribution in [0.5, 0.6) is 5.75 Å². The van der Waals surface area contributed by atoms with Crippen molar-refractivity contribution in [2.75, 3.05) is 13.1 Å². The summed E-state index contributed by atoms with van der Waals surface area (Å²) >= 11 is 3.24. The largest absolute Gasteiger partial charge is 0.508 e. The van der Waals surface area contributed by atoms with Crippen LogP contribution in [0, 0.1) is 0 Å². The quantitative estimate of drug-likeness (QED) is 0.647. The first-order chi connectivity index (χ1) is 10.9. The average Bonchev–Trinajstić information content (AvgIpc) is 2.52. The van der Waals surface area contributed by atoms with E-state index in [9.17, 15) is 18.3 Å². The first-order valence-electron chi connectivity index (χ1n) is 6.71.